The molecule has 1 aromatic heterocycles. The standard InChI is InChI=1S/C19H22Cl2N4O3/c1-19(2,3)28-18(27)25-9-8-14-11(10-25)15(23-24(14)4)17(26)22-16-12(20)6-5-7-13(16)21/h5-7H,8-10H2,1-4H3,(H,22,26). The summed E-state index contributed by atoms with van der Waals surface area (Å²) in [5.41, 5.74) is 1.58. The lowest BCUT2D eigenvalue weighted by Gasteiger charge is -2.30. The van der Waals surface area contributed by atoms with Crippen LogP contribution in [-0.4, -0.2) is 38.8 Å². The lowest BCUT2D eigenvalue weighted by molar-refractivity contribution is 0.0222. The Morgan fingerprint density at radius 3 is 2.46 bits per heavy atom. The third kappa shape index (κ3) is 4.25. The van der Waals surface area contributed by atoms with Gasteiger partial charge in [0.25, 0.3) is 5.91 Å². The number of rotatable bonds is 2. The van der Waals surface area contributed by atoms with Gasteiger partial charge in [-0.05, 0) is 32.9 Å². The summed E-state index contributed by atoms with van der Waals surface area (Å²) in [6.45, 7) is 6.19. The van der Waals surface area contributed by atoms with Gasteiger partial charge in [-0.2, -0.15) is 5.10 Å². The van der Waals surface area contributed by atoms with Crippen LogP contribution in [0, 0.1) is 0 Å². The first-order valence-electron chi connectivity index (χ1n) is 8.85. The fraction of sp³-hybridized carbons (Fsp3) is 0.421. The van der Waals surface area contributed by atoms with Gasteiger partial charge in [-0.3, -0.25) is 9.48 Å². The second kappa shape index (κ2) is 7.64. The Balaban J connectivity index is 1.85. The molecule has 0 saturated heterocycles. The van der Waals surface area contributed by atoms with Crippen molar-refractivity contribution in [1.29, 1.82) is 0 Å². The Morgan fingerprint density at radius 2 is 1.86 bits per heavy atom. The molecule has 0 spiro atoms. The lowest BCUT2D eigenvalue weighted by Crippen LogP contribution is -2.40. The van der Waals surface area contributed by atoms with Crippen molar-refractivity contribution in [1.82, 2.24) is 14.7 Å². The third-order valence-electron chi connectivity index (χ3n) is 4.31. The number of ether oxygens (including phenoxy) is 1. The Hall–Kier alpha value is -2.25. The predicted molar refractivity (Wildman–Crippen MR) is 108 cm³/mol. The molecule has 0 aliphatic carbocycles. The van der Waals surface area contributed by atoms with Crippen molar-refractivity contribution in [2.75, 3.05) is 11.9 Å². The van der Waals surface area contributed by atoms with Crippen LogP contribution in [0.15, 0.2) is 18.2 Å². The highest BCUT2D eigenvalue weighted by atomic mass is 35.5. The molecular weight excluding hydrogens is 403 g/mol. The molecule has 0 unspecified atom stereocenters. The van der Waals surface area contributed by atoms with E-state index in [1.165, 1.54) is 0 Å². The van der Waals surface area contributed by atoms with Crippen LogP contribution in [0.4, 0.5) is 10.5 Å². The minimum Gasteiger partial charge on any atom is -0.444 e. The lowest BCUT2D eigenvalue weighted by atomic mass is 10.0. The van der Waals surface area contributed by atoms with Gasteiger partial charge in [-0.25, -0.2) is 4.79 Å². The van der Waals surface area contributed by atoms with E-state index in [1.807, 2.05) is 20.8 Å². The second-order valence-electron chi connectivity index (χ2n) is 7.60. The highest BCUT2D eigenvalue weighted by Gasteiger charge is 2.31. The Bertz CT molecular complexity index is 914. The Kier molecular flexibility index (Phi) is 5.59. The summed E-state index contributed by atoms with van der Waals surface area (Å²) < 4.78 is 7.12. The number of nitrogens with zero attached hydrogens (tertiary/aromatic N) is 3. The fourth-order valence-electron chi connectivity index (χ4n) is 3.05. The minimum atomic E-state index is -0.590. The number of aryl methyl sites for hydroxylation is 1. The van der Waals surface area contributed by atoms with Crippen molar-refractivity contribution >= 4 is 40.9 Å². The van der Waals surface area contributed by atoms with Gasteiger partial charge < -0.3 is 15.0 Å². The molecule has 0 saturated carbocycles. The van der Waals surface area contributed by atoms with Crippen LogP contribution in [0.3, 0.4) is 0 Å². The van der Waals surface area contributed by atoms with E-state index >= 15 is 0 Å². The van der Waals surface area contributed by atoms with Gasteiger partial charge in [-0.1, -0.05) is 29.3 Å². The molecule has 1 aliphatic rings. The maximum Gasteiger partial charge on any atom is 0.410 e. The van der Waals surface area contributed by atoms with Crippen molar-refractivity contribution < 1.29 is 14.3 Å². The van der Waals surface area contributed by atoms with E-state index in [1.54, 1.807) is 34.8 Å². The fourth-order valence-corrected chi connectivity index (χ4v) is 3.54. The number of halogens is 2. The molecule has 7 nitrogen and oxygen atoms in total. The largest absolute Gasteiger partial charge is 0.444 e. The average Bonchev–Trinajstić information content (AvgIpc) is 2.93. The van der Waals surface area contributed by atoms with Gasteiger partial charge in [0.2, 0.25) is 0 Å². The molecule has 0 atom stereocenters. The molecule has 0 radical (unpaired) electrons. The van der Waals surface area contributed by atoms with Crippen molar-refractivity contribution in [3.63, 3.8) is 0 Å². The Labute approximate surface area is 173 Å². The number of carbonyl (C=O) groups excluding carboxylic acids is 2. The maximum atomic E-state index is 12.9. The van der Waals surface area contributed by atoms with Gasteiger partial charge in [0, 0.05) is 31.3 Å². The van der Waals surface area contributed by atoms with Crippen LogP contribution < -0.4 is 5.32 Å². The number of amides is 2. The molecule has 2 aromatic rings. The topological polar surface area (TPSA) is 76.5 Å². The zero-order chi connectivity index (χ0) is 20.6. The number of fused-ring (bicyclic) bond motifs is 1. The van der Waals surface area contributed by atoms with Crippen LogP contribution in [-0.2, 0) is 24.8 Å². The van der Waals surface area contributed by atoms with E-state index in [0.29, 0.717) is 34.3 Å². The van der Waals surface area contributed by atoms with Gasteiger partial charge in [0.1, 0.15) is 5.60 Å². The van der Waals surface area contributed by atoms with Gasteiger partial charge >= 0.3 is 6.09 Å². The number of para-hydroxylation sites is 1. The highest BCUT2D eigenvalue weighted by molar-refractivity contribution is 6.40. The van der Waals surface area contributed by atoms with Crippen LogP contribution in [0.1, 0.15) is 42.5 Å². The van der Waals surface area contributed by atoms with E-state index in [4.69, 9.17) is 27.9 Å². The van der Waals surface area contributed by atoms with Crippen LogP contribution in [0.2, 0.25) is 10.0 Å². The van der Waals surface area contributed by atoms with E-state index in [9.17, 15) is 9.59 Å². The molecule has 0 fully saturated rings. The SMILES string of the molecule is Cn1nc(C(=O)Nc2c(Cl)cccc2Cl)c2c1CCN(C(=O)OC(C)(C)C)C2. The summed E-state index contributed by atoms with van der Waals surface area (Å²) in [6, 6.07) is 4.98. The van der Waals surface area contributed by atoms with Crippen LogP contribution >= 0.6 is 23.2 Å². The minimum absolute atomic E-state index is 0.238. The number of carbonyl (C=O) groups is 2. The van der Waals surface area contributed by atoms with Gasteiger partial charge in [0.05, 0.1) is 22.3 Å². The molecule has 150 valence electrons. The van der Waals surface area contributed by atoms with Crippen molar-refractivity contribution in [2.45, 2.75) is 39.3 Å². The second-order valence-corrected chi connectivity index (χ2v) is 8.41. The quantitative estimate of drug-likeness (QED) is 0.780. The summed E-state index contributed by atoms with van der Waals surface area (Å²) in [5, 5.41) is 7.75. The van der Waals surface area contributed by atoms with Gasteiger partial charge in [-0.15, -0.1) is 0 Å². The van der Waals surface area contributed by atoms with Crippen molar-refractivity contribution in [2.24, 2.45) is 7.05 Å². The first-order valence-corrected chi connectivity index (χ1v) is 9.60. The molecule has 0 bridgehead atoms. The van der Waals surface area contributed by atoms with Gasteiger partial charge in [0.15, 0.2) is 5.69 Å². The summed E-state index contributed by atoms with van der Waals surface area (Å²) in [4.78, 5) is 26.9. The monoisotopic (exact) mass is 424 g/mol. The van der Waals surface area contributed by atoms with E-state index in [-0.39, 0.29) is 12.2 Å². The molecule has 2 heterocycles. The number of hydrogen-bond acceptors (Lipinski definition) is 4. The molecular formula is C19H22Cl2N4O3. The van der Waals surface area contributed by atoms with E-state index in [2.05, 4.69) is 10.4 Å². The smallest absolute Gasteiger partial charge is 0.410 e. The van der Waals surface area contributed by atoms with E-state index < -0.39 is 17.6 Å². The number of aromatic nitrogens is 2. The van der Waals surface area contributed by atoms with Crippen molar-refractivity contribution in [3.05, 3.63) is 45.2 Å². The van der Waals surface area contributed by atoms with Crippen LogP contribution in [0.25, 0.3) is 0 Å². The van der Waals surface area contributed by atoms with Crippen molar-refractivity contribution in [3.8, 4) is 0 Å². The summed E-state index contributed by atoms with van der Waals surface area (Å²) in [5.74, 6) is -0.433. The highest BCUT2D eigenvalue weighted by Crippen LogP contribution is 2.31. The maximum absolute atomic E-state index is 12.9. The first-order chi connectivity index (χ1) is 13.1. The molecule has 2 amide bonds. The molecule has 28 heavy (non-hydrogen) atoms. The zero-order valence-corrected chi connectivity index (χ0v) is 17.7. The summed E-state index contributed by atoms with van der Waals surface area (Å²) in [6.07, 6.45) is 0.167. The van der Waals surface area contributed by atoms with Crippen LogP contribution in [0.5, 0.6) is 0 Å². The molecule has 1 N–H and O–H groups in total. The molecule has 1 aliphatic heterocycles. The third-order valence-corrected chi connectivity index (χ3v) is 4.94. The number of nitrogens with one attached hydrogen (secondary N) is 1. The first kappa shape index (κ1) is 20.5. The number of anilines is 1. The molecule has 9 heteroatoms. The summed E-state index contributed by atoms with van der Waals surface area (Å²) in [7, 11) is 1.78. The number of benzene rings is 1. The number of hydrogen-bond donors (Lipinski definition) is 1. The zero-order valence-electron chi connectivity index (χ0n) is 16.2. The summed E-state index contributed by atoms with van der Waals surface area (Å²) >= 11 is 12.3. The Morgan fingerprint density at radius 1 is 1.21 bits per heavy atom. The molecule has 1 aromatic carbocycles. The predicted octanol–water partition coefficient (Wildman–Crippen LogP) is 4.27. The molecule has 3 rings (SSSR count). The average molecular weight is 425 g/mol. The van der Waals surface area contributed by atoms with E-state index in [0.717, 1.165) is 5.69 Å². The normalized spacial score (nSPS) is 13.9.